The van der Waals surface area contributed by atoms with E-state index >= 15 is 0 Å². The Labute approximate surface area is 116 Å². The molecule has 7 nitrogen and oxygen atoms in total. The van der Waals surface area contributed by atoms with Crippen molar-refractivity contribution in [2.24, 2.45) is 0 Å². The van der Waals surface area contributed by atoms with Gasteiger partial charge >= 0.3 is 5.97 Å². The van der Waals surface area contributed by atoms with Gasteiger partial charge < -0.3 is 10.4 Å². The molecule has 1 aromatic rings. The summed E-state index contributed by atoms with van der Waals surface area (Å²) in [6, 6.07) is 2.66. The van der Waals surface area contributed by atoms with Gasteiger partial charge in [0.2, 0.25) is 0 Å². The summed E-state index contributed by atoms with van der Waals surface area (Å²) in [6.07, 6.45) is 5.83. The predicted molar refractivity (Wildman–Crippen MR) is 72.6 cm³/mol. The summed E-state index contributed by atoms with van der Waals surface area (Å²) in [4.78, 5) is 25.4. The van der Waals surface area contributed by atoms with Gasteiger partial charge in [0.05, 0.1) is 17.4 Å². The van der Waals surface area contributed by atoms with E-state index in [1.165, 1.54) is 18.3 Å². The summed E-state index contributed by atoms with van der Waals surface area (Å²) in [5.41, 5.74) is -0.601. The second kappa shape index (κ2) is 5.85. The van der Waals surface area contributed by atoms with E-state index in [9.17, 15) is 14.9 Å². The molecule has 0 aromatic carbocycles. The van der Waals surface area contributed by atoms with Crippen molar-refractivity contribution in [3.8, 4) is 0 Å². The summed E-state index contributed by atoms with van der Waals surface area (Å²) in [7, 11) is 0. The molecular formula is C13H17N3O4. The zero-order valence-electron chi connectivity index (χ0n) is 11.0. The maximum atomic E-state index is 11.1. The Morgan fingerprint density at radius 2 is 2.15 bits per heavy atom. The summed E-state index contributed by atoms with van der Waals surface area (Å²) in [6.45, 7) is 0. The molecule has 20 heavy (non-hydrogen) atoms. The fourth-order valence-corrected chi connectivity index (χ4v) is 2.74. The number of hydrogen-bond donors (Lipinski definition) is 2. The van der Waals surface area contributed by atoms with Crippen LogP contribution in [-0.2, 0) is 4.79 Å². The quantitative estimate of drug-likeness (QED) is 0.634. The molecule has 0 amide bonds. The lowest BCUT2D eigenvalue weighted by molar-refractivity contribution is -0.384. The topological polar surface area (TPSA) is 105 Å². The third kappa shape index (κ3) is 3.43. The maximum absolute atomic E-state index is 11.1. The number of nitrogens with zero attached hydrogens (tertiary/aromatic N) is 2. The molecule has 1 heterocycles. The van der Waals surface area contributed by atoms with Crippen molar-refractivity contribution >= 4 is 17.5 Å². The fourth-order valence-electron chi connectivity index (χ4n) is 2.74. The van der Waals surface area contributed by atoms with E-state index in [1.54, 1.807) is 0 Å². The number of rotatable bonds is 5. The van der Waals surface area contributed by atoms with E-state index < -0.39 is 16.4 Å². The highest BCUT2D eigenvalue weighted by atomic mass is 16.6. The minimum absolute atomic E-state index is 0.00261. The van der Waals surface area contributed by atoms with Crippen LogP contribution in [0.1, 0.15) is 38.5 Å². The number of pyridine rings is 1. The zero-order valence-corrected chi connectivity index (χ0v) is 11.0. The van der Waals surface area contributed by atoms with Crippen LogP contribution in [-0.4, -0.2) is 26.5 Å². The number of carboxylic acid groups (broad SMARTS) is 1. The largest absolute Gasteiger partial charge is 0.481 e. The summed E-state index contributed by atoms with van der Waals surface area (Å²) in [5, 5.41) is 23.0. The first-order valence-corrected chi connectivity index (χ1v) is 6.61. The smallest absolute Gasteiger partial charge is 0.305 e. The Morgan fingerprint density at radius 1 is 1.45 bits per heavy atom. The molecule has 2 N–H and O–H groups in total. The predicted octanol–water partition coefficient (Wildman–Crippen LogP) is 2.58. The van der Waals surface area contributed by atoms with Gasteiger partial charge in [-0.15, -0.1) is 0 Å². The van der Waals surface area contributed by atoms with Crippen molar-refractivity contribution in [2.75, 3.05) is 5.32 Å². The number of anilines is 1. The number of carbonyl (C=O) groups is 1. The van der Waals surface area contributed by atoms with Crippen LogP contribution >= 0.6 is 0 Å². The summed E-state index contributed by atoms with van der Waals surface area (Å²) < 4.78 is 0. The van der Waals surface area contributed by atoms with Crippen LogP contribution in [0.15, 0.2) is 18.3 Å². The van der Waals surface area contributed by atoms with Gasteiger partial charge in [0.1, 0.15) is 5.82 Å². The normalized spacial score (nSPS) is 17.4. The van der Waals surface area contributed by atoms with E-state index in [4.69, 9.17) is 5.11 Å². The Kier molecular flexibility index (Phi) is 4.16. The molecule has 7 heteroatoms. The molecule has 1 aliphatic rings. The lowest BCUT2D eigenvalue weighted by Gasteiger charge is -2.37. The summed E-state index contributed by atoms with van der Waals surface area (Å²) in [5.74, 6) is -0.507. The standard InChI is InChI=1S/C13H17N3O4/c17-12(18)9-13(5-2-1-3-6-13)15-11-8-10(16(19)20)4-7-14-11/h4,7-8H,1-3,5-6,9H2,(H,14,15)(H,17,18). The van der Waals surface area contributed by atoms with Gasteiger partial charge in [-0.3, -0.25) is 14.9 Å². The number of hydrogen-bond acceptors (Lipinski definition) is 5. The van der Waals surface area contributed by atoms with Gasteiger partial charge in [0, 0.05) is 17.8 Å². The number of nitrogens with one attached hydrogen (secondary N) is 1. The van der Waals surface area contributed by atoms with Crippen molar-refractivity contribution in [2.45, 2.75) is 44.1 Å². The van der Waals surface area contributed by atoms with Crippen LogP contribution in [0.3, 0.4) is 0 Å². The van der Waals surface area contributed by atoms with Crippen molar-refractivity contribution < 1.29 is 14.8 Å². The second-order valence-electron chi connectivity index (χ2n) is 5.19. The molecular weight excluding hydrogens is 262 g/mol. The number of nitro groups is 1. The Bertz CT molecular complexity index is 512. The van der Waals surface area contributed by atoms with Crippen molar-refractivity contribution in [3.05, 3.63) is 28.4 Å². The first-order chi connectivity index (χ1) is 9.51. The molecule has 2 rings (SSSR count). The van der Waals surface area contributed by atoms with Gasteiger partial charge in [-0.1, -0.05) is 19.3 Å². The van der Waals surface area contributed by atoms with E-state index in [0.29, 0.717) is 5.82 Å². The average Bonchev–Trinajstić information content (AvgIpc) is 2.38. The minimum Gasteiger partial charge on any atom is -0.481 e. The third-order valence-corrected chi connectivity index (χ3v) is 3.65. The molecule has 1 fully saturated rings. The van der Waals surface area contributed by atoms with E-state index in [2.05, 4.69) is 10.3 Å². The van der Waals surface area contributed by atoms with Crippen LogP contribution in [0.25, 0.3) is 0 Å². The van der Waals surface area contributed by atoms with Crippen LogP contribution in [0.5, 0.6) is 0 Å². The molecule has 108 valence electrons. The minimum atomic E-state index is -0.871. The maximum Gasteiger partial charge on any atom is 0.305 e. The molecule has 0 unspecified atom stereocenters. The monoisotopic (exact) mass is 279 g/mol. The van der Waals surface area contributed by atoms with Gasteiger partial charge in [0.25, 0.3) is 5.69 Å². The molecule has 0 aliphatic heterocycles. The highest BCUT2D eigenvalue weighted by molar-refractivity contribution is 5.69. The van der Waals surface area contributed by atoms with Crippen LogP contribution in [0, 0.1) is 10.1 Å². The number of aromatic nitrogens is 1. The van der Waals surface area contributed by atoms with Crippen LogP contribution in [0.2, 0.25) is 0 Å². The SMILES string of the molecule is O=C(O)CC1(Nc2cc([N+](=O)[O-])ccn2)CCCCC1. The lowest BCUT2D eigenvalue weighted by Crippen LogP contribution is -2.42. The zero-order chi connectivity index (χ0) is 14.6. The van der Waals surface area contributed by atoms with Crippen LogP contribution < -0.4 is 5.32 Å². The van der Waals surface area contributed by atoms with Gasteiger partial charge in [0.15, 0.2) is 0 Å². The van der Waals surface area contributed by atoms with E-state index in [0.717, 1.165) is 32.1 Å². The first-order valence-electron chi connectivity index (χ1n) is 6.61. The Hall–Kier alpha value is -2.18. The molecule has 0 spiro atoms. The number of aliphatic carboxylic acids is 1. The molecule has 1 aromatic heterocycles. The lowest BCUT2D eigenvalue weighted by atomic mass is 9.79. The third-order valence-electron chi connectivity index (χ3n) is 3.65. The summed E-state index contributed by atoms with van der Waals surface area (Å²) >= 11 is 0. The van der Waals surface area contributed by atoms with Gasteiger partial charge in [-0.2, -0.15) is 0 Å². The van der Waals surface area contributed by atoms with Crippen molar-refractivity contribution in [1.29, 1.82) is 0 Å². The molecule has 1 saturated carbocycles. The Morgan fingerprint density at radius 3 is 2.75 bits per heavy atom. The molecule has 0 radical (unpaired) electrons. The second-order valence-corrected chi connectivity index (χ2v) is 5.19. The molecule has 0 saturated heterocycles. The van der Waals surface area contributed by atoms with Crippen molar-refractivity contribution in [3.63, 3.8) is 0 Å². The fraction of sp³-hybridized carbons (Fsp3) is 0.538. The van der Waals surface area contributed by atoms with Gasteiger partial charge in [-0.05, 0) is 12.8 Å². The number of carboxylic acids is 1. The highest BCUT2D eigenvalue weighted by Gasteiger charge is 2.34. The molecule has 1 aliphatic carbocycles. The van der Waals surface area contributed by atoms with Crippen molar-refractivity contribution in [1.82, 2.24) is 4.98 Å². The molecule has 0 bridgehead atoms. The highest BCUT2D eigenvalue weighted by Crippen LogP contribution is 2.34. The first kappa shape index (κ1) is 14.2. The van der Waals surface area contributed by atoms with Crippen LogP contribution in [0.4, 0.5) is 11.5 Å². The van der Waals surface area contributed by atoms with Gasteiger partial charge in [-0.25, -0.2) is 4.98 Å². The van der Waals surface area contributed by atoms with E-state index in [-0.39, 0.29) is 12.1 Å². The Balaban J connectivity index is 2.20. The molecule has 0 atom stereocenters. The van der Waals surface area contributed by atoms with E-state index in [1.807, 2.05) is 0 Å². The average molecular weight is 279 g/mol.